The van der Waals surface area contributed by atoms with E-state index in [0.29, 0.717) is 17.7 Å². The zero-order valence-corrected chi connectivity index (χ0v) is 16.0. The van der Waals surface area contributed by atoms with E-state index in [1.165, 1.54) is 11.6 Å². The third-order valence-electron chi connectivity index (χ3n) is 5.08. The summed E-state index contributed by atoms with van der Waals surface area (Å²) in [6.45, 7) is 8.55. The van der Waals surface area contributed by atoms with E-state index < -0.39 is 0 Å². The standard InChI is InChI=1S/C22H28FN3O/c1-18-8-9-20(16-21(18)23)22(27)24-10-5-11-25-12-14-26(15-13-25)17-19-6-3-2-4-7-19/h2-4,6-9,16H,5,10-15,17H2,1H3,(H,24,27). The Morgan fingerprint density at radius 3 is 2.44 bits per heavy atom. The van der Waals surface area contributed by atoms with Crippen molar-refractivity contribution < 1.29 is 9.18 Å². The van der Waals surface area contributed by atoms with Crippen LogP contribution in [0, 0.1) is 12.7 Å². The summed E-state index contributed by atoms with van der Waals surface area (Å²) in [5.41, 5.74) is 2.30. The van der Waals surface area contributed by atoms with Crippen LogP contribution in [0.5, 0.6) is 0 Å². The molecule has 2 aromatic carbocycles. The van der Waals surface area contributed by atoms with Gasteiger partial charge in [-0.25, -0.2) is 4.39 Å². The van der Waals surface area contributed by atoms with E-state index in [1.807, 2.05) is 0 Å². The summed E-state index contributed by atoms with van der Waals surface area (Å²) in [5.74, 6) is -0.544. The highest BCUT2D eigenvalue weighted by Crippen LogP contribution is 2.10. The van der Waals surface area contributed by atoms with Crippen LogP contribution in [0.2, 0.25) is 0 Å². The highest BCUT2D eigenvalue weighted by molar-refractivity contribution is 5.94. The minimum atomic E-state index is -0.337. The second-order valence-electron chi connectivity index (χ2n) is 7.18. The number of nitrogens with zero attached hydrogens (tertiary/aromatic N) is 2. The molecule has 0 bridgehead atoms. The predicted molar refractivity (Wildman–Crippen MR) is 106 cm³/mol. The Morgan fingerprint density at radius 1 is 1.04 bits per heavy atom. The van der Waals surface area contributed by atoms with Gasteiger partial charge >= 0.3 is 0 Å². The molecule has 1 amide bonds. The fourth-order valence-electron chi connectivity index (χ4n) is 3.35. The number of halogens is 1. The van der Waals surface area contributed by atoms with Crippen molar-refractivity contribution in [2.45, 2.75) is 19.9 Å². The van der Waals surface area contributed by atoms with Gasteiger partial charge in [0.15, 0.2) is 0 Å². The molecule has 0 radical (unpaired) electrons. The molecular formula is C22H28FN3O. The zero-order valence-electron chi connectivity index (χ0n) is 16.0. The van der Waals surface area contributed by atoms with Crippen molar-refractivity contribution in [3.8, 4) is 0 Å². The van der Waals surface area contributed by atoms with E-state index in [-0.39, 0.29) is 11.7 Å². The average Bonchev–Trinajstić information content (AvgIpc) is 2.69. The minimum Gasteiger partial charge on any atom is -0.352 e. The molecule has 1 heterocycles. The maximum Gasteiger partial charge on any atom is 0.251 e. The first-order chi connectivity index (χ1) is 13.1. The molecule has 0 unspecified atom stereocenters. The van der Waals surface area contributed by atoms with Crippen molar-refractivity contribution in [3.05, 3.63) is 71.0 Å². The lowest BCUT2D eigenvalue weighted by Crippen LogP contribution is -2.46. The third kappa shape index (κ3) is 5.88. The molecule has 1 aliphatic heterocycles. The van der Waals surface area contributed by atoms with Gasteiger partial charge in [0.05, 0.1) is 0 Å². The molecule has 1 fully saturated rings. The number of piperazine rings is 1. The largest absolute Gasteiger partial charge is 0.352 e. The summed E-state index contributed by atoms with van der Waals surface area (Å²) in [6, 6.07) is 15.2. The second kappa shape index (κ2) is 9.62. The van der Waals surface area contributed by atoms with E-state index in [1.54, 1.807) is 19.1 Å². The van der Waals surface area contributed by atoms with Gasteiger partial charge in [0, 0.05) is 44.8 Å². The van der Waals surface area contributed by atoms with Crippen molar-refractivity contribution in [3.63, 3.8) is 0 Å². The lowest BCUT2D eigenvalue weighted by molar-refractivity contribution is 0.0946. The van der Waals surface area contributed by atoms with Gasteiger partial charge in [-0.15, -0.1) is 0 Å². The first-order valence-electron chi connectivity index (χ1n) is 9.65. The zero-order chi connectivity index (χ0) is 19.1. The number of aryl methyl sites for hydroxylation is 1. The molecule has 144 valence electrons. The van der Waals surface area contributed by atoms with Crippen LogP contribution in [0.15, 0.2) is 48.5 Å². The predicted octanol–water partition coefficient (Wildman–Crippen LogP) is 3.07. The lowest BCUT2D eigenvalue weighted by atomic mass is 10.1. The number of hydrogen-bond acceptors (Lipinski definition) is 3. The topological polar surface area (TPSA) is 35.6 Å². The maximum absolute atomic E-state index is 13.5. The molecule has 0 aromatic heterocycles. The molecule has 0 saturated carbocycles. The third-order valence-corrected chi connectivity index (χ3v) is 5.08. The second-order valence-corrected chi connectivity index (χ2v) is 7.18. The summed E-state index contributed by atoms with van der Waals surface area (Å²) < 4.78 is 13.5. The van der Waals surface area contributed by atoms with Crippen LogP contribution in [0.1, 0.15) is 27.9 Å². The van der Waals surface area contributed by atoms with Crippen LogP contribution in [-0.4, -0.2) is 55.0 Å². The molecular weight excluding hydrogens is 341 g/mol. The summed E-state index contributed by atoms with van der Waals surface area (Å²) in [6.07, 6.45) is 0.902. The smallest absolute Gasteiger partial charge is 0.251 e. The summed E-state index contributed by atoms with van der Waals surface area (Å²) >= 11 is 0. The average molecular weight is 369 g/mol. The summed E-state index contributed by atoms with van der Waals surface area (Å²) in [4.78, 5) is 17.0. The van der Waals surface area contributed by atoms with Crippen molar-refractivity contribution in [1.29, 1.82) is 0 Å². The molecule has 27 heavy (non-hydrogen) atoms. The van der Waals surface area contributed by atoms with Gasteiger partial charge in [-0.1, -0.05) is 36.4 Å². The van der Waals surface area contributed by atoms with Crippen molar-refractivity contribution >= 4 is 5.91 Å². The number of hydrogen-bond donors (Lipinski definition) is 1. The monoisotopic (exact) mass is 369 g/mol. The summed E-state index contributed by atoms with van der Waals surface area (Å²) in [7, 11) is 0. The van der Waals surface area contributed by atoms with Crippen molar-refractivity contribution in [2.75, 3.05) is 39.3 Å². The van der Waals surface area contributed by atoms with Crippen LogP contribution >= 0.6 is 0 Å². The fraction of sp³-hybridized carbons (Fsp3) is 0.409. The Balaban J connectivity index is 1.32. The Bertz CT molecular complexity index is 742. The van der Waals surface area contributed by atoms with E-state index in [2.05, 4.69) is 45.4 Å². The van der Waals surface area contributed by atoms with Gasteiger partial charge in [0.25, 0.3) is 5.91 Å². The maximum atomic E-state index is 13.5. The first-order valence-corrected chi connectivity index (χ1v) is 9.65. The SMILES string of the molecule is Cc1ccc(C(=O)NCCCN2CCN(Cc3ccccc3)CC2)cc1F. The first kappa shape index (κ1) is 19.5. The van der Waals surface area contributed by atoms with E-state index >= 15 is 0 Å². The number of benzene rings is 2. The molecule has 5 heteroatoms. The van der Waals surface area contributed by atoms with Crippen molar-refractivity contribution in [1.82, 2.24) is 15.1 Å². The molecule has 1 aliphatic rings. The summed E-state index contributed by atoms with van der Waals surface area (Å²) in [5, 5.41) is 2.88. The van der Waals surface area contributed by atoms with Gasteiger partial charge in [-0.05, 0) is 43.1 Å². The van der Waals surface area contributed by atoms with Gasteiger partial charge < -0.3 is 10.2 Å². The number of rotatable bonds is 7. The molecule has 1 saturated heterocycles. The van der Waals surface area contributed by atoms with Crippen LogP contribution in [-0.2, 0) is 6.54 Å². The van der Waals surface area contributed by atoms with Gasteiger partial charge in [-0.2, -0.15) is 0 Å². The highest BCUT2D eigenvalue weighted by Gasteiger charge is 2.16. The molecule has 3 rings (SSSR count). The molecule has 1 N–H and O–H groups in total. The van der Waals surface area contributed by atoms with Gasteiger partial charge in [-0.3, -0.25) is 9.69 Å². The number of amides is 1. The number of carbonyl (C=O) groups excluding carboxylic acids is 1. The number of carbonyl (C=O) groups is 1. The highest BCUT2D eigenvalue weighted by atomic mass is 19.1. The fourth-order valence-corrected chi connectivity index (χ4v) is 3.35. The normalized spacial score (nSPS) is 15.6. The van der Waals surface area contributed by atoms with Crippen LogP contribution in [0.4, 0.5) is 4.39 Å². The quantitative estimate of drug-likeness (QED) is 0.762. The van der Waals surface area contributed by atoms with E-state index in [0.717, 1.165) is 45.7 Å². The Labute approximate surface area is 161 Å². The van der Waals surface area contributed by atoms with Crippen molar-refractivity contribution in [2.24, 2.45) is 0 Å². The molecule has 0 spiro atoms. The Hall–Kier alpha value is -2.24. The Morgan fingerprint density at radius 2 is 1.74 bits per heavy atom. The van der Waals surface area contributed by atoms with E-state index in [9.17, 15) is 9.18 Å². The van der Waals surface area contributed by atoms with E-state index in [4.69, 9.17) is 0 Å². The molecule has 0 atom stereocenters. The number of nitrogens with one attached hydrogen (secondary N) is 1. The van der Waals surface area contributed by atoms with Crippen LogP contribution in [0.25, 0.3) is 0 Å². The molecule has 4 nitrogen and oxygen atoms in total. The van der Waals surface area contributed by atoms with Gasteiger partial charge in [0.1, 0.15) is 5.82 Å². The van der Waals surface area contributed by atoms with Gasteiger partial charge in [0.2, 0.25) is 0 Å². The Kier molecular flexibility index (Phi) is 6.96. The minimum absolute atomic E-state index is 0.207. The molecule has 2 aromatic rings. The lowest BCUT2D eigenvalue weighted by Gasteiger charge is -2.34. The van der Waals surface area contributed by atoms with Crippen LogP contribution in [0.3, 0.4) is 0 Å². The molecule has 0 aliphatic carbocycles. The van der Waals surface area contributed by atoms with Crippen LogP contribution < -0.4 is 5.32 Å².